The minimum Gasteiger partial charge on any atom is -0.283 e. The maximum Gasteiger partial charge on any atom is 0.140 e. The Balaban J connectivity index is 2.15. The number of nitriles is 1. The predicted molar refractivity (Wildman–Crippen MR) is 65.7 cm³/mol. The first kappa shape index (κ1) is 11.6. The lowest BCUT2D eigenvalue weighted by atomic mass is 10.1. The number of likely N-dealkylation sites (tertiary alicyclic amines) is 1. The van der Waals surface area contributed by atoms with Crippen LogP contribution in [0.4, 0.5) is 0 Å². The summed E-state index contributed by atoms with van der Waals surface area (Å²) in [7, 11) is 0. The van der Waals surface area contributed by atoms with Crippen molar-refractivity contribution in [1.29, 1.82) is 5.26 Å². The smallest absolute Gasteiger partial charge is 0.140 e. The first-order chi connectivity index (χ1) is 7.81. The third-order valence-corrected chi connectivity index (χ3v) is 3.38. The third-order valence-electron chi connectivity index (χ3n) is 2.91. The fraction of sp³-hybridized carbons (Fsp3) is 0.500. The zero-order valence-corrected chi connectivity index (χ0v) is 10.7. The highest BCUT2D eigenvalue weighted by molar-refractivity contribution is 9.10. The van der Waals surface area contributed by atoms with E-state index < -0.39 is 0 Å². The van der Waals surface area contributed by atoms with Crippen LogP contribution < -0.4 is 0 Å². The van der Waals surface area contributed by atoms with E-state index in [0.717, 1.165) is 23.3 Å². The van der Waals surface area contributed by atoms with Crippen molar-refractivity contribution in [2.75, 3.05) is 13.1 Å². The van der Waals surface area contributed by atoms with Crippen LogP contribution in [0.1, 0.15) is 31.0 Å². The summed E-state index contributed by atoms with van der Waals surface area (Å²) in [6, 6.07) is 6.03. The van der Waals surface area contributed by atoms with Crippen molar-refractivity contribution in [3.8, 4) is 6.07 Å². The molecule has 1 unspecified atom stereocenters. The largest absolute Gasteiger partial charge is 0.283 e. The van der Waals surface area contributed by atoms with Crippen molar-refractivity contribution in [2.45, 2.75) is 25.3 Å². The van der Waals surface area contributed by atoms with Gasteiger partial charge >= 0.3 is 0 Å². The van der Waals surface area contributed by atoms with Crippen LogP contribution in [-0.4, -0.2) is 23.0 Å². The molecule has 1 saturated heterocycles. The minimum absolute atomic E-state index is 0.187. The van der Waals surface area contributed by atoms with Gasteiger partial charge in [0.2, 0.25) is 0 Å². The van der Waals surface area contributed by atoms with Gasteiger partial charge in [-0.1, -0.05) is 6.42 Å². The van der Waals surface area contributed by atoms with Crippen molar-refractivity contribution in [3.05, 3.63) is 28.5 Å². The standard InChI is InChI=1S/C12H14BrN3/c13-10-4-5-11(15-9-10)12(8-14)16-6-2-1-3-7-16/h4-5,9,12H,1-3,6-7H2. The Morgan fingerprint density at radius 1 is 1.31 bits per heavy atom. The summed E-state index contributed by atoms with van der Waals surface area (Å²) in [5.41, 5.74) is 0.854. The number of hydrogen-bond donors (Lipinski definition) is 0. The summed E-state index contributed by atoms with van der Waals surface area (Å²) in [5, 5.41) is 9.26. The van der Waals surface area contributed by atoms with E-state index in [9.17, 15) is 5.26 Å². The number of pyridine rings is 1. The summed E-state index contributed by atoms with van der Waals surface area (Å²) >= 11 is 3.35. The molecule has 0 radical (unpaired) electrons. The molecule has 2 heterocycles. The second kappa shape index (κ2) is 5.42. The van der Waals surface area contributed by atoms with Crippen molar-refractivity contribution in [3.63, 3.8) is 0 Å². The lowest BCUT2D eigenvalue weighted by molar-refractivity contribution is 0.193. The molecule has 0 bridgehead atoms. The Labute approximate surface area is 104 Å². The molecule has 1 aliphatic heterocycles. The molecule has 1 fully saturated rings. The van der Waals surface area contributed by atoms with Crippen LogP contribution in [0.3, 0.4) is 0 Å². The second-order valence-corrected chi connectivity index (χ2v) is 4.95. The van der Waals surface area contributed by atoms with Gasteiger partial charge in [-0.05, 0) is 54.0 Å². The SMILES string of the molecule is N#CC(c1ccc(Br)cn1)N1CCCCC1. The number of nitrogens with zero attached hydrogens (tertiary/aromatic N) is 3. The van der Waals surface area contributed by atoms with Gasteiger partial charge in [-0.2, -0.15) is 5.26 Å². The van der Waals surface area contributed by atoms with Gasteiger partial charge < -0.3 is 0 Å². The van der Waals surface area contributed by atoms with Crippen LogP contribution in [0.2, 0.25) is 0 Å². The lowest BCUT2D eigenvalue weighted by Crippen LogP contribution is -2.33. The zero-order chi connectivity index (χ0) is 11.4. The molecule has 0 saturated carbocycles. The molecule has 1 aromatic rings. The van der Waals surface area contributed by atoms with Gasteiger partial charge in [0, 0.05) is 10.7 Å². The quantitative estimate of drug-likeness (QED) is 0.836. The fourth-order valence-electron chi connectivity index (χ4n) is 2.06. The van der Waals surface area contributed by atoms with Crippen LogP contribution in [0.5, 0.6) is 0 Å². The molecule has 0 amide bonds. The molecule has 84 valence electrons. The van der Waals surface area contributed by atoms with Gasteiger partial charge in [0.05, 0.1) is 11.8 Å². The molecule has 3 nitrogen and oxygen atoms in total. The van der Waals surface area contributed by atoms with Gasteiger partial charge in [-0.25, -0.2) is 0 Å². The van der Waals surface area contributed by atoms with Crippen LogP contribution >= 0.6 is 15.9 Å². The summed E-state index contributed by atoms with van der Waals surface area (Å²) in [5.74, 6) is 0. The van der Waals surface area contributed by atoms with Crippen molar-refractivity contribution in [1.82, 2.24) is 9.88 Å². The number of piperidine rings is 1. The molecule has 16 heavy (non-hydrogen) atoms. The summed E-state index contributed by atoms with van der Waals surface area (Å²) in [6.45, 7) is 2.02. The highest BCUT2D eigenvalue weighted by Gasteiger charge is 2.22. The van der Waals surface area contributed by atoms with Crippen molar-refractivity contribution in [2.24, 2.45) is 0 Å². The van der Waals surface area contributed by atoms with E-state index in [0.29, 0.717) is 0 Å². The van der Waals surface area contributed by atoms with Gasteiger partial charge in [0.15, 0.2) is 0 Å². The van der Waals surface area contributed by atoms with E-state index in [1.54, 1.807) is 6.20 Å². The highest BCUT2D eigenvalue weighted by Crippen LogP contribution is 2.23. The molecule has 1 aliphatic rings. The van der Waals surface area contributed by atoms with Gasteiger partial charge in [-0.3, -0.25) is 9.88 Å². The monoisotopic (exact) mass is 279 g/mol. The van der Waals surface area contributed by atoms with Gasteiger partial charge in [-0.15, -0.1) is 0 Å². The lowest BCUT2D eigenvalue weighted by Gasteiger charge is -2.30. The highest BCUT2D eigenvalue weighted by atomic mass is 79.9. The molecular weight excluding hydrogens is 266 g/mol. The second-order valence-electron chi connectivity index (χ2n) is 4.03. The molecule has 0 aromatic carbocycles. The van der Waals surface area contributed by atoms with Crippen LogP contribution in [0, 0.1) is 11.3 Å². The molecule has 2 rings (SSSR count). The van der Waals surface area contributed by atoms with Crippen LogP contribution in [0.25, 0.3) is 0 Å². The maximum absolute atomic E-state index is 9.26. The Morgan fingerprint density at radius 3 is 2.62 bits per heavy atom. The fourth-order valence-corrected chi connectivity index (χ4v) is 2.29. The Hall–Kier alpha value is -0.920. The molecular formula is C12H14BrN3. The topological polar surface area (TPSA) is 39.9 Å². The molecule has 0 spiro atoms. The predicted octanol–water partition coefficient (Wildman–Crippen LogP) is 2.89. The molecule has 4 heteroatoms. The number of halogens is 1. The van der Waals surface area contributed by atoms with Gasteiger partial charge in [0.25, 0.3) is 0 Å². The molecule has 0 aliphatic carbocycles. The zero-order valence-electron chi connectivity index (χ0n) is 9.06. The summed E-state index contributed by atoms with van der Waals surface area (Å²) in [6.07, 6.45) is 5.41. The van der Waals surface area contributed by atoms with E-state index in [1.807, 2.05) is 12.1 Å². The van der Waals surface area contributed by atoms with E-state index in [1.165, 1.54) is 19.3 Å². The van der Waals surface area contributed by atoms with E-state index in [-0.39, 0.29) is 6.04 Å². The molecule has 0 N–H and O–H groups in total. The number of aromatic nitrogens is 1. The van der Waals surface area contributed by atoms with E-state index in [2.05, 4.69) is 31.9 Å². The minimum atomic E-state index is -0.187. The van der Waals surface area contributed by atoms with Crippen molar-refractivity contribution < 1.29 is 0 Å². The summed E-state index contributed by atoms with van der Waals surface area (Å²) < 4.78 is 0.951. The van der Waals surface area contributed by atoms with Crippen molar-refractivity contribution >= 4 is 15.9 Å². The first-order valence-electron chi connectivity index (χ1n) is 5.56. The average Bonchev–Trinajstić information content (AvgIpc) is 2.34. The van der Waals surface area contributed by atoms with Crippen LogP contribution in [-0.2, 0) is 0 Å². The number of rotatable bonds is 2. The average molecular weight is 280 g/mol. The van der Waals surface area contributed by atoms with Crippen LogP contribution in [0.15, 0.2) is 22.8 Å². The van der Waals surface area contributed by atoms with Gasteiger partial charge in [0.1, 0.15) is 6.04 Å². The Morgan fingerprint density at radius 2 is 2.06 bits per heavy atom. The molecule has 1 atom stereocenters. The third kappa shape index (κ3) is 2.60. The normalized spacial score (nSPS) is 19.0. The molecule has 1 aromatic heterocycles. The first-order valence-corrected chi connectivity index (χ1v) is 6.35. The Kier molecular flexibility index (Phi) is 3.92. The van der Waals surface area contributed by atoms with E-state index in [4.69, 9.17) is 0 Å². The summed E-state index contributed by atoms with van der Waals surface area (Å²) in [4.78, 5) is 6.54. The maximum atomic E-state index is 9.26. The Bertz CT molecular complexity index is 376. The van der Waals surface area contributed by atoms with E-state index >= 15 is 0 Å². The number of hydrogen-bond acceptors (Lipinski definition) is 3.